The highest BCUT2D eigenvalue weighted by Crippen LogP contribution is 2.33. The number of likely N-dealkylation sites (N-methyl/N-ethyl adjacent to an activating group) is 1. The summed E-state index contributed by atoms with van der Waals surface area (Å²) in [5, 5.41) is 9.81. The first-order valence-electron chi connectivity index (χ1n) is 6.23. The van der Waals surface area contributed by atoms with Gasteiger partial charge in [-0.15, -0.1) is 0 Å². The summed E-state index contributed by atoms with van der Waals surface area (Å²) in [5.74, 6) is -0.383. The van der Waals surface area contributed by atoms with Gasteiger partial charge in [0.25, 0.3) is 0 Å². The quantitative estimate of drug-likeness (QED) is 0.893. The summed E-state index contributed by atoms with van der Waals surface area (Å²) in [7, 11) is -2.35. The number of hydrogen-bond acceptors (Lipinski definition) is 3. The molecule has 1 aromatic rings. The predicted octanol–water partition coefficient (Wildman–Crippen LogP) is 1.53. The number of sulfonamides is 1. The molecule has 1 saturated carbocycles. The van der Waals surface area contributed by atoms with Crippen LogP contribution in [0.25, 0.3) is 0 Å². The Morgan fingerprint density at radius 3 is 2.68 bits per heavy atom. The highest BCUT2D eigenvalue weighted by atomic mass is 32.2. The van der Waals surface area contributed by atoms with E-state index in [9.17, 15) is 17.9 Å². The Morgan fingerprint density at radius 2 is 2.11 bits per heavy atom. The number of benzene rings is 1. The van der Waals surface area contributed by atoms with Gasteiger partial charge in [0, 0.05) is 13.6 Å². The zero-order valence-corrected chi connectivity index (χ0v) is 11.8. The summed E-state index contributed by atoms with van der Waals surface area (Å²) in [4.78, 5) is -0.0435. The number of aliphatic hydroxyl groups excluding tert-OH is 1. The van der Waals surface area contributed by atoms with Gasteiger partial charge in [0.05, 0.1) is 11.0 Å². The number of aliphatic hydroxyl groups is 1. The molecule has 0 heterocycles. The van der Waals surface area contributed by atoms with Crippen LogP contribution in [0.5, 0.6) is 0 Å². The molecule has 4 nitrogen and oxygen atoms in total. The Kier molecular flexibility index (Phi) is 3.94. The molecule has 1 aromatic carbocycles. The molecular formula is C13H18FNO3S. The molecule has 0 saturated heterocycles. The van der Waals surface area contributed by atoms with E-state index in [2.05, 4.69) is 0 Å². The molecule has 0 amide bonds. The zero-order valence-electron chi connectivity index (χ0n) is 11.0. The highest BCUT2D eigenvalue weighted by molar-refractivity contribution is 7.89. The maximum atomic E-state index is 13.2. The molecule has 0 radical (unpaired) electrons. The van der Waals surface area contributed by atoms with Crippen LogP contribution in [0.3, 0.4) is 0 Å². The molecule has 1 fully saturated rings. The predicted molar refractivity (Wildman–Crippen MR) is 69.7 cm³/mol. The van der Waals surface area contributed by atoms with Gasteiger partial charge in [-0.2, -0.15) is 4.31 Å². The summed E-state index contributed by atoms with van der Waals surface area (Å²) >= 11 is 0. The molecule has 1 unspecified atom stereocenters. The number of hydrogen-bond donors (Lipinski definition) is 1. The first-order valence-corrected chi connectivity index (χ1v) is 7.67. The van der Waals surface area contributed by atoms with Crippen molar-refractivity contribution in [1.82, 2.24) is 4.31 Å². The van der Waals surface area contributed by atoms with Crippen molar-refractivity contribution in [1.29, 1.82) is 0 Å². The van der Waals surface area contributed by atoms with E-state index in [1.54, 1.807) is 6.92 Å². The summed E-state index contributed by atoms with van der Waals surface area (Å²) in [5.41, 5.74) is 0.495. The first kappa shape index (κ1) is 14.4. The Labute approximate surface area is 112 Å². The number of rotatable bonds is 5. The van der Waals surface area contributed by atoms with E-state index in [1.807, 2.05) is 0 Å². The van der Waals surface area contributed by atoms with Crippen LogP contribution in [0.15, 0.2) is 23.1 Å². The van der Waals surface area contributed by atoms with E-state index in [1.165, 1.54) is 19.2 Å². The normalized spacial score (nSPS) is 17.7. The largest absolute Gasteiger partial charge is 0.391 e. The van der Waals surface area contributed by atoms with E-state index < -0.39 is 21.9 Å². The van der Waals surface area contributed by atoms with Crippen LogP contribution in [-0.4, -0.2) is 37.5 Å². The Hall–Kier alpha value is -0.980. The summed E-state index contributed by atoms with van der Waals surface area (Å²) < 4.78 is 39.0. The van der Waals surface area contributed by atoms with Gasteiger partial charge in [-0.05, 0) is 43.4 Å². The minimum Gasteiger partial charge on any atom is -0.391 e. The van der Waals surface area contributed by atoms with Gasteiger partial charge >= 0.3 is 0 Å². The summed E-state index contributed by atoms with van der Waals surface area (Å²) in [6.07, 6.45) is 1.23. The fourth-order valence-corrected chi connectivity index (χ4v) is 3.43. The standard InChI is InChI=1S/C13H18FNO3S/c1-9-3-6-11(14)7-13(9)19(17,18)15(2)8-12(16)10-4-5-10/h3,6-7,10,12,16H,4-5,8H2,1-2H3. The Bertz CT molecular complexity index is 569. The van der Waals surface area contributed by atoms with E-state index in [0.717, 1.165) is 23.2 Å². The lowest BCUT2D eigenvalue weighted by atomic mass is 10.2. The number of aryl methyl sites for hydroxylation is 1. The van der Waals surface area contributed by atoms with Crippen LogP contribution in [0.1, 0.15) is 18.4 Å². The smallest absolute Gasteiger partial charge is 0.243 e. The average Bonchev–Trinajstić information content (AvgIpc) is 3.15. The maximum absolute atomic E-state index is 13.2. The van der Waals surface area contributed by atoms with Crippen LogP contribution < -0.4 is 0 Å². The Morgan fingerprint density at radius 1 is 1.47 bits per heavy atom. The van der Waals surface area contributed by atoms with E-state index in [-0.39, 0.29) is 17.4 Å². The van der Waals surface area contributed by atoms with Gasteiger partial charge in [-0.25, -0.2) is 12.8 Å². The molecule has 2 rings (SSSR count). The van der Waals surface area contributed by atoms with Gasteiger partial charge in [-0.1, -0.05) is 6.07 Å². The molecule has 1 atom stereocenters. The third-order valence-electron chi connectivity index (χ3n) is 3.45. The van der Waals surface area contributed by atoms with Crippen LogP contribution in [0, 0.1) is 18.7 Å². The van der Waals surface area contributed by atoms with Crippen molar-refractivity contribution in [3.05, 3.63) is 29.6 Å². The van der Waals surface area contributed by atoms with Crippen molar-refractivity contribution in [3.63, 3.8) is 0 Å². The van der Waals surface area contributed by atoms with E-state index in [4.69, 9.17) is 0 Å². The number of halogens is 1. The van der Waals surface area contributed by atoms with Crippen LogP contribution >= 0.6 is 0 Å². The van der Waals surface area contributed by atoms with Crippen LogP contribution in [-0.2, 0) is 10.0 Å². The minimum absolute atomic E-state index is 0.0435. The molecule has 0 aromatic heterocycles. The second-order valence-electron chi connectivity index (χ2n) is 5.10. The molecular weight excluding hydrogens is 269 g/mol. The van der Waals surface area contributed by atoms with Crippen molar-refractivity contribution in [3.8, 4) is 0 Å². The lowest BCUT2D eigenvalue weighted by molar-refractivity contribution is 0.131. The van der Waals surface area contributed by atoms with Gasteiger partial charge in [0.2, 0.25) is 10.0 Å². The molecule has 6 heteroatoms. The monoisotopic (exact) mass is 287 g/mol. The molecule has 19 heavy (non-hydrogen) atoms. The SMILES string of the molecule is Cc1ccc(F)cc1S(=O)(=O)N(C)CC(O)C1CC1. The van der Waals surface area contributed by atoms with Gasteiger partial charge in [0.15, 0.2) is 0 Å². The lowest BCUT2D eigenvalue weighted by Gasteiger charge is -2.21. The zero-order chi connectivity index (χ0) is 14.2. The van der Waals surface area contributed by atoms with Crippen molar-refractivity contribution >= 4 is 10.0 Å². The Balaban J connectivity index is 2.22. The topological polar surface area (TPSA) is 57.6 Å². The van der Waals surface area contributed by atoms with E-state index >= 15 is 0 Å². The minimum atomic E-state index is -3.76. The third kappa shape index (κ3) is 3.13. The summed E-state index contributed by atoms with van der Waals surface area (Å²) in [6.45, 7) is 1.67. The molecule has 1 aliphatic rings. The molecule has 1 aliphatic carbocycles. The van der Waals surface area contributed by atoms with Crippen molar-refractivity contribution in [2.24, 2.45) is 5.92 Å². The fraction of sp³-hybridized carbons (Fsp3) is 0.538. The molecule has 0 bridgehead atoms. The second-order valence-corrected chi connectivity index (χ2v) is 7.11. The van der Waals surface area contributed by atoms with Crippen LogP contribution in [0.4, 0.5) is 4.39 Å². The molecule has 0 spiro atoms. The molecule has 106 valence electrons. The molecule has 0 aliphatic heterocycles. The van der Waals surface area contributed by atoms with Crippen molar-refractivity contribution in [2.45, 2.75) is 30.8 Å². The fourth-order valence-electron chi connectivity index (χ4n) is 2.01. The molecule has 1 N–H and O–H groups in total. The third-order valence-corrected chi connectivity index (χ3v) is 5.41. The highest BCUT2D eigenvalue weighted by Gasteiger charge is 2.33. The first-order chi connectivity index (χ1) is 8.82. The van der Waals surface area contributed by atoms with Gasteiger partial charge in [0.1, 0.15) is 5.82 Å². The van der Waals surface area contributed by atoms with Crippen LogP contribution in [0.2, 0.25) is 0 Å². The second kappa shape index (κ2) is 5.19. The number of nitrogens with zero attached hydrogens (tertiary/aromatic N) is 1. The average molecular weight is 287 g/mol. The lowest BCUT2D eigenvalue weighted by Crippen LogP contribution is -2.35. The summed E-state index contributed by atoms with van der Waals surface area (Å²) in [6, 6.07) is 3.69. The van der Waals surface area contributed by atoms with Crippen molar-refractivity contribution in [2.75, 3.05) is 13.6 Å². The maximum Gasteiger partial charge on any atom is 0.243 e. The van der Waals surface area contributed by atoms with Gasteiger partial charge < -0.3 is 5.11 Å². The van der Waals surface area contributed by atoms with Crippen molar-refractivity contribution < 1.29 is 17.9 Å². The van der Waals surface area contributed by atoms with E-state index in [0.29, 0.717) is 5.56 Å². The van der Waals surface area contributed by atoms with Gasteiger partial charge in [-0.3, -0.25) is 0 Å².